The minimum atomic E-state index is -0.590. The molecule has 1 aromatic carbocycles. The lowest BCUT2D eigenvalue weighted by Gasteiger charge is -2.40. The Kier molecular flexibility index (Phi) is 2.17. The predicted octanol–water partition coefficient (Wildman–Crippen LogP) is 3.88. The molecular weight excluding hydrogens is 242 g/mol. The van der Waals surface area contributed by atoms with Crippen molar-refractivity contribution >= 4 is 23.3 Å². The number of H-pyrrole nitrogens is 1. The van der Waals surface area contributed by atoms with Crippen LogP contribution in [0.5, 0.6) is 0 Å². The summed E-state index contributed by atoms with van der Waals surface area (Å²) in [4.78, 5) is 2.83. The van der Waals surface area contributed by atoms with Crippen LogP contribution in [0.3, 0.4) is 0 Å². The van der Waals surface area contributed by atoms with Crippen LogP contribution in [-0.2, 0) is 5.54 Å². The number of aromatic amines is 1. The lowest BCUT2D eigenvalue weighted by Crippen LogP contribution is -2.37. The average molecular weight is 254 g/mol. The maximum Gasteiger partial charge on any atom is 0.178 e. The van der Waals surface area contributed by atoms with E-state index in [1.807, 2.05) is 4.57 Å². The van der Waals surface area contributed by atoms with Gasteiger partial charge in [0.15, 0.2) is 10.6 Å². The van der Waals surface area contributed by atoms with Crippen LogP contribution in [0.1, 0.15) is 26.2 Å². The third-order valence-corrected chi connectivity index (χ3v) is 3.97. The van der Waals surface area contributed by atoms with Gasteiger partial charge in [-0.25, -0.2) is 8.78 Å². The van der Waals surface area contributed by atoms with Gasteiger partial charge in [0.2, 0.25) is 0 Å². The van der Waals surface area contributed by atoms with E-state index in [1.165, 1.54) is 6.07 Å². The molecular formula is C12H12F2N2S. The van der Waals surface area contributed by atoms with Crippen molar-refractivity contribution in [3.8, 4) is 0 Å². The Morgan fingerprint density at radius 1 is 1.35 bits per heavy atom. The van der Waals surface area contributed by atoms with Crippen LogP contribution in [0, 0.1) is 16.4 Å². The Balaban J connectivity index is 2.38. The van der Waals surface area contributed by atoms with Gasteiger partial charge < -0.3 is 9.55 Å². The zero-order valence-corrected chi connectivity index (χ0v) is 10.2. The molecule has 0 unspecified atom stereocenters. The molecule has 5 heteroatoms. The largest absolute Gasteiger partial charge is 0.328 e. The fourth-order valence-corrected chi connectivity index (χ4v) is 3.00. The number of aromatic nitrogens is 2. The topological polar surface area (TPSA) is 20.7 Å². The minimum Gasteiger partial charge on any atom is -0.328 e. The van der Waals surface area contributed by atoms with E-state index in [0.29, 0.717) is 15.8 Å². The zero-order valence-electron chi connectivity index (χ0n) is 9.39. The number of rotatable bonds is 1. The van der Waals surface area contributed by atoms with E-state index in [-0.39, 0.29) is 5.54 Å². The Hall–Kier alpha value is -1.23. The quantitative estimate of drug-likeness (QED) is 0.766. The van der Waals surface area contributed by atoms with Crippen molar-refractivity contribution in [1.82, 2.24) is 9.55 Å². The van der Waals surface area contributed by atoms with Crippen LogP contribution in [0.2, 0.25) is 0 Å². The number of benzene rings is 1. The van der Waals surface area contributed by atoms with Gasteiger partial charge >= 0.3 is 0 Å². The van der Waals surface area contributed by atoms with Crippen molar-refractivity contribution in [3.05, 3.63) is 28.5 Å². The van der Waals surface area contributed by atoms with Crippen molar-refractivity contribution in [2.75, 3.05) is 0 Å². The smallest absolute Gasteiger partial charge is 0.178 e. The number of hydrogen-bond acceptors (Lipinski definition) is 1. The summed E-state index contributed by atoms with van der Waals surface area (Å²) in [6.45, 7) is 2.07. The molecule has 1 heterocycles. The third kappa shape index (κ3) is 1.45. The minimum absolute atomic E-state index is 0.102. The zero-order chi connectivity index (χ0) is 12.2. The van der Waals surface area contributed by atoms with Gasteiger partial charge in [-0.1, -0.05) is 0 Å². The summed E-state index contributed by atoms with van der Waals surface area (Å²) in [7, 11) is 0. The fourth-order valence-electron chi connectivity index (χ4n) is 2.58. The van der Waals surface area contributed by atoms with Gasteiger partial charge in [-0.15, -0.1) is 0 Å². The maximum atomic E-state index is 13.6. The molecule has 0 radical (unpaired) electrons. The molecule has 1 aromatic heterocycles. The SMILES string of the molecule is CC1(n2c(=S)[nH]c3c(F)cc(F)cc32)CCC1. The highest BCUT2D eigenvalue weighted by atomic mass is 32.1. The third-order valence-electron chi connectivity index (χ3n) is 3.68. The fraction of sp³-hybridized carbons (Fsp3) is 0.417. The summed E-state index contributed by atoms with van der Waals surface area (Å²) in [5.74, 6) is -1.16. The van der Waals surface area contributed by atoms with Crippen molar-refractivity contribution in [3.63, 3.8) is 0 Å². The molecule has 0 atom stereocenters. The summed E-state index contributed by atoms with van der Waals surface area (Å²) in [5.41, 5.74) is 0.717. The molecule has 0 spiro atoms. The molecule has 0 aliphatic heterocycles. The number of halogens is 2. The molecule has 0 amide bonds. The second kappa shape index (κ2) is 3.38. The van der Waals surface area contributed by atoms with Gasteiger partial charge in [0.1, 0.15) is 11.3 Å². The predicted molar refractivity (Wildman–Crippen MR) is 64.5 cm³/mol. The lowest BCUT2D eigenvalue weighted by molar-refractivity contribution is 0.172. The molecule has 0 bridgehead atoms. The van der Waals surface area contributed by atoms with Crippen molar-refractivity contribution in [2.45, 2.75) is 31.7 Å². The molecule has 1 N–H and O–H groups in total. The van der Waals surface area contributed by atoms with Crippen LogP contribution in [-0.4, -0.2) is 9.55 Å². The van der Waals surface area contributed by atoms with E-state index >= 15 is 0 Å². The lowest BCUT2D eigenvalue weighted by atomic mass is 9.78. The van der Waals surface area contributed by atoms with Crippen LogP contribution < -0.4 is 0 Å². The summed E-state index contributed by atoms with van der Waals surface area (Å²) in [6, 6.07) is 2.22. The van der Waals surface area contributed by atoms with E-state index in [4.69, 9.17) is 12.2 Å². The van der Waals surface area contributed by atoms with Crippen LogP contribution in [0.4, 0.5) is 8.78 Å². The Morgan fingerprint density at radius 3 is 2.65 bits per heavy atom. The van der Waals surface area contributed by atoms with Crippen molar-refractivity contribution in [1.29, 1.82) is 0 Å². The molecule has 1 fully saturated rings. The van der Waals surface area contributed by atoms with E-state index in [9.17, 15) is 8.78 Å². The van der Waals surface area contributed by atoms with Gasteiger partial charge in [-0.3, -0.25) is 0 Å². The van der Waals surface area contributed by atoms with E-state index in [2.05, 4.69) is 11.9 Å². The standard InChI is InChI=1S/C12H12F2N2S/c1-12(3-2-4-12)16-9-6-7(13)5-8(14)10(9)15-11(16)17/h5-6H,2-4H2,1H3,(H,15,17). The first-order valence-electron chi connectivity index (χ1n) is 5.61. The van der Waals surface area contributed by atoms with Gasteiger partial charge in [0.25, 0.3) is 0 Å². The summed E-state index contributed by atoms with van der Waals surface area (Å²) in [5, 5.41) is 0. The van der Waals surface area contributed by atoms with Crippen molar-refractivity contribution < 1.29 is 8.78 Å². The second-order valence-electron chi connectivity index (χ2n) is 4.90. The highest BCUT2D eigenvalue weighted by Crippen LogP contribution is 2.41. The molecule has 0 saturated heterocycles. The molecule has 1 saturated carbocycles. The monoisotopic (exact) mass is 254 g/mol. The number of imidazole rings is 1. The second-order valence-corrected chi connectivity index (χ2v) is 5.28. The van der Waals surface area contributed by atoms with Crippen LogP contribution in [0.25, 0.3) is 11.0 Å². The summed E-state index contributed by atoms with van der Waals surface area (Å²) in [6.07, 6.45) is 3.11. The molecule has 17 heavy (non-hydrogen) atoms. The van der Waals surface area contributed by atoms with Crippen LogP contribution in [0.15, 0.2) is 12.1 Å². The van der Waals surface area contributed by atoms with Gasteiger partial charge in [0, 0.05) is 11.6 Å². The average Bonchev–Trinajstić information content (AvgIpc) is 2.52. The van der Waals surface area contributed by atoms with Crippen molar-refractivity contribution in [2.24, 2.45) is 0 Å². The molecule has 2 aromatic rings. The Morgan fingerprint density at radius 2 is 2.06 bits per heavy atom. The van der Waals surface area contributed by atoms with E-state index in [0.717, 1.165) is 25.3 Å². The number of nitrogens with zero attached hydrogens (tertiary/aromatic N) is 1. The van der Waals surface area contributed by atoms with Gasteiger partial charge in [-0.2, -0.15) is 0 Å². The Bertz CT molecular complexity index is 652. The summed E-state index contributed by atoms with van der Waals surface area (Å²) >= 11 is 5.22. The highest BCUT2D eigenvalue weighted by Gasteiger charge is 2.35. The summed E-state index contributed by atoms with van der Waals surface area (Å²) < 4.78 is 29.2. The number of nitrogens with one attached hydrogen (secondary N) is 1. The first-order chi connectivity index (χ1) is 8.01. The van der Waals surface area contributed by atoms with Gasteiger partial charge in [-0.05, 0) is 44.5 Å². The highest BCUT2D eigenvalue weighted by molar-refractivity contribution is 7.71. The molecule has 1 aliphatic rings. The maximum absolute atomic E-state index is 13.6. The Labute approximate surface area is 102 Å². The number of hydrogen-bond donors (Lipinski definition) is 1. The molecule has 1 aliphatic carbocycles. The molecule has 90 valence electrons. The normalized spacial score (nSPS) is 18.3. The van der Waals surface area contributed by atoms with Gasteiger partial charge in [0.05, 0.1) is 5.52 Å². The molecule has 3 rings (SSSR count). The number of fused-ring (bicyclic) bond motifs is 1. The van der Waals surface area contributed by atoms with Crippen LogP contribution >= 0.6 is 12.2 Å². The first-order valence-corrected chi connectivity index (χ1v) is 6.02. The van der Waals surface area contributed by atoms with E-state index < -0.39 is 11.6 Å². The van der Waals surface area contributed by atoms with E-state index in [1.54, 1.807) is 0 Å². The molecule has 2 nitrogen and oxygen atoms in total. The first kappa shape index (κ1) is 10.9.